The molecular formula is C22H30N4. The molecule has 4 heteroatoms. The van der Waals surface area contributed by atoms with Crippen LogP contribution in [0.2, 0.25) is 0 Å². The molecule has 2 N–H and O–H groups in total. The van der Waals surface area contributed by atoms with Crippen molar-refractivity contribution in [1.29, 1.82) is 0 Å². The van der Waals surface area contributed by atoms with Crippen molar-refractivity contribution < 1.29 is 0 Å². The molecule has 0 saturated carbocycles. The second kappa shape index (κ2) is 7.20. The maximum absolute atomic E-state index is 3.85. The number of rotatable bonds is 3. The highest BCUT2D eigenvalue weighted by atomic mass is 15.1. The number of allylic oxidation sites excluding steroid dienone is 2. The molecule has 4 rings (SSSR count). The predicted molar refractivity (Wildman–Crippen MR) is 111 cm³/mol. The van der Waals surface area contributed by atoms with Crippen molar-refractivity contribution >= 4 is 23.5 Å². The smallest absolute Gasteiger partial charge is 0.0442 e. The monoisotopic (exact) mass is 350 g/mol. The minimum absolute atomic E-state index is 0.456. The van der Waals surface area contributed by atoms with Gasteiger partial charge in [-0.1, -0.05) is 18.2 Å². The van der Waals surface area contributed by atoms with Gasteiger partial charge in [-0.15, -0.1) is 0 Å². The third-order valence-electron chi connectivity index (χ3n) is 5.73. The number of anilines is 1. The number of likely N-dealkylation sites (N-methyl/N-ethyl adjacent to an activating group) is 1. The highest BCUT2D eigenvalue weighted by Gasteiger charge is 2.16. The summed E-state index contributed by atoms with van der Waals surface area (Å²) in [6, 6.07) is 5.68. The molecular weight excluding hydrogens is 320 g/mol. The molecule has 1 unspecified atom stereocenters. The Balaban J connectivity index is 1.75. The van der Waals surface area contributed by atoms with Crippen LogP contribution in [-0.2, 0) is 0 Å². The molecule has 4 nitrogen and oxygen atoms in total. The number of benzene rings is 1. The summed E-state index contributed by atoms with van der Waals surface area (Å²) in [4.78, 5) is 4.53. The third-order valence-corrected chi connectivity index (χ3v) is 5.73. The van der Waals surface area contributed by atoms with E-state index in [1.807, 2.05) is 0 Å². The van der Waals surface area contributed by atoms with Crippen LogP contribution in [0.1, 0.15) is 25.3 Å². The van der Waals surface area contributed by atoms with Gasteiger partial charge < -0.3 is 20.4 Å². The Kier molecular flexibility index (Phi) is 4.77. The highest BCUT2D eigenvalue weighted by Crippen LogP contribution is 2.23. The van der Waals surface area contributed by atoms with Crippen LogP contribution in [-0.4, -0.2) is 55.6 Å². The van der Waals surface area contributed by atoms with Gasteiger partial charge in [-0.2, -0.15) is 0 Å². The lowest BCUT2D eigenvalue weighted by Crippen LogP contribution is -2.40. The van der Waals surface area contributed by atoms with Crippen LogP contribution in [0.15, 0.2) is 30.5 Å². The standard InChI is InChI=1S/C22H30N4/c1-16-4-5-18(14-26(16)3)19-12-17-8-11-25(2)15-21(17)22(13-19)24-20-6-9-23-10-7-20/h4-5,8,12-16,20,23-24H,6-7,9-11H2,1-3H3. The summed E-state index contributed by atoms with van der Waals surface area (Å²) in [5, 5.41) is 9.96. The summed E-state index contributed by atoms with van der Waals surface area (Å²) >= 11 is 0. The largest absolute Gasteiger partial charge is 0.382 e. The molecule has 138 valence electrons. The van der Waals surface area contributed by atoms with E-state index in [1.165, 1.54) is 40.1 Å². The fourth-order valence-corrected chi connectivity index (χ4v) is 3.91. The number of nitrogens with one attached hydrogen (secondary N) is 2. The second-order valence-electron chi connectivity index (χ2n) is 7.82. The molecule has 1 aromatic rings. The zero-order chi connectivity index (χ0) is 18.1. The lowest BCUT2D eigenvalue weighted by Gasteiger charge is -2.28. The predicted octanol–water partition coefficient (Wildman–Crippen LogP) is 1.55. The first-order chi connectivity index (χ1) is 12.6. The second-order valence-corrected chi connectivity index (χ2v) is 7.82. The first-order valence-corrected chi connectivity index (χ1v) is 9.76. The normalized spacial score (nSPS) is 23.0. The van der Waals surface area contributed by atoms with Crippen LogP contribution in [0, 0.1) is 0 Å². The van der Waals surface area contributed by atoms with Crippen molar-refractivity contribution in [2.75, 3.05) is 39.0 Å². The van der Waals surface area contributed by atoms with Crippen molar-refractivity contribution in [3.8, 4) is 0 Å². The van der Waals surface area contributed by atoms with Gasteiger partial charge in [0.1, 0.15) is 0 Å². The van der Waals surface area contributed by atoms with E-state index in [2.05, 4.69) is 84.2 Å². The van der Waals surface area contributed by atoms with Gasteiger partial charge in [0.05, 0.1) is 0 Å². The van der Waals surface area contributed by atoms with Crippen molar-refractivity contribution in [3.63, 3.8) is 0 Å². The summed E-state index contributed by atoms with van der Waals surface area (Å²) in [5.74, 6) is 0. The quantitative estimate of drug-likeness (QED) is 0.866. The molecule has 1 saturated heterocycles. The molecule has 1 atom stereocenters. The van der Waals surface area contributed by atoms with E-state index < -0.39 is 0 Å². The van der Waals surface area contributed by atoms with Crippen LogP contribution in [0.25, 0.3) is 17.8 Å². The van der Waals surface area contributed by atoms with Gasteiger partial charge in [0.25, 0.3) is 0 Å². The fourth-order valence-electron chi connectivity index (χ4n) is 3.91. The van der Waals surface area contributed by atoms with Crippen LogP contribution < -0.4 is 21.1 Å². The first-order valence-electron chi connectivity index (χ1n) is 9.76. The molecule has 1 aromatic carbocycles. The Morgan fingerprint density at radius 2 is 1.92 bits per heavy atom. The zero-order valence-electron chi connectivity index (χ0n) is 16.1. The summed E-state index contributed by atoms with van der Waals surface area (Å²) in [6.07, 6.45) is 13.8. The van der Waals surface area contributed by atoms with Crippen LogP contribution in [0.3, 0.4) is 0 Å². The third kappa shape index (κ3) is 3.51. The minimum Gasteiger partial charge on any atom is -0.382 e. The number of nitrogens with zero attached hydrogens (tertiary/aromatic N) is 2. The number of fused-ring (bicyclic) bond motifs is 1. The minimum atomic E-state index is 0.456. The Morgan fingerprint density at radius 3 is 2.69 bits per heavy atom. The van der Waals surface area contributed by atoms with Crippen molar-refractivity contribution in [1.82, 2.24) is 15.1 Å². The van der Waals surface area contributed by atoms with Gasteiger partial charge in [0, 0.05) is 56.0 Å². The van der Waals surface area contributed by atoms with E-state index >= 15 is 0 Å². The van der Waals surface area contributed by atoms with E-state index in [0.717, 1.165) is 19.6 Å². The lowest BCUT2D eigenvalue weighted by molar-refractivity contribution is 0.405. The van der Waals surface area contributed by atoms with Gasteiger partial charge in [-0.25, -0.2) is 0 Å². The fraction of sp³-hybridized carbons (Fsp3) is 0.455. The highest BCUT2D eigenvalue weighted by molar-refractivity contribution is 5.77. The van der Waals surface area contributed by atoms with Gasteiger partial charge >= 0.3 is 0 Å². The molecule has 0 amide bonds. The molecule has 3 aliphatic heterocycles. The maximum Gasteiger partial charge on any atom is 0.0442 e. The molecule has 0 radical (unpaired) electrons. The average Bonchev–Trinajstić information content (AvgIpc) is 2.65. The summed E-state index contributed by atoms with van der Waals surface area (Å²) in [7, 11) is 4.29. The molecule has 0 aromatic heterocycles. The van der Waals surface area contributed by atoms with Gasteiger partial charge in [0.2, 0.25) is 0 Å². The van der Waals surface area contributed by atoms with Gasteiger partial charge in [-0.3, -0.25) is 0 Å². The summed E-state index contributed by atoms with van der Waals surface area (Å²) in [5.41, 5.74) is 3.85. The van der Waals surface area contributed by atoms with Crippen molar-refractivity contribution in [3.05, 3.63) is 46.5 Å². The Morgan fingerprint density at radius 1 is 1.12 bits per heavy atom. The van der Waals surface area contributed by atoms with E-state index in [0.29, 0.717) is 12.1 Å². The van der Waals surface area contributed by atoms with Crippen LogP contribution >= 0.6 is 0 Å². The van der Waals surface area contributed by atoms with E-state index in [9.17, 15) is 0 Å². The van der Waals surface area contributed by atoms with Gasteiger partial charge in [-0.05, 0) is 61.3 Å². The van der Waals surface area contributed by atoms with Crippen LogP contribution in [0.5, 0.6) is 0 Å². The molecule has 0 spiro atoms. The molecule has 26 heavy (non-hydrogen) atoms. The maximum atomic E-state index is 3.85. The average molecular weight is 351 g/mol. The van der Waals surface area contributed by atoms with Crippen molar-refractivity contribution in [2.45, 2.75) is 31.8 Å². The first kappa shape index (κ1) is 17.2. The topological polar surface area (TPSA) is 30.5 Å². The summed E-state index contributed by atoms with van der Waals surface area (Å²) in [6.45, 7) is 5.39. The molecule has 3 heterocycles. The number of piperidine rings is 1. The zero-order valence-corrected chi connectivity index (χ0v) is 16.1. The van der Waals surface area contributed by atoms with E-state index in [-0.39, 0.29) is 0 Å². The molecule has 0 aliphatic carbocycles. The number of hydrogen-bond acceptors (Lipinski definition) is 4. The SMILES string of the molecule is CC1C=CC(c2cc(NC3CCNCC3)c3c(c2)=CCN(C)C=3)=CN1C. The lowest BCUT2D eigenvalue weighted by atomic mass is 9.98. The Hall–Kier alpha value is -2.20. The summed E-state index contributed by atoms with van der Waals surface area (Å²) < 4.78 is 0. The van der Waals surface area contributed by atoms with E-state index in [1.54, 1.807) is 0 Å². The Bertz CT molecular complexity index is 846. The van der Waals surface area contributed by atoms with E-state index in [4.69, 9.17) is 0 Å². The van der Waals surface area contributed by atoms with Gasteiger partial charge in [0.15, 0.2) is 0 Å². The molecule has 1 fully saturated rings. The van der Waals surface area contributed by atoms with Crippen molar-refractivity contribution in [2.24, 2.45) is 0 Å². The number of hydrogen-bond donors (Lipinski definition) is 2. The Labute approximate surface area is 156 Å². The van der Waals surface area contributed by atoms with Crippen LogP contribution in [0.4, 0.5) is 5.69 Å². The molecule has 3 aliphatic rings. The molecule has 0 bridgehead atoms.